The molecule has 2 saturated heterocycles. The SMILES string of the molecule is N#CCC(=O)N1CC2CC1CO2. The predicted octanol–water partition coefficient (Wildman–Crippen LogP) is -0.100. The summed E-state index contributed by atoms with van der Waals surface area (Å²) in [6.45, 7) is 1.34. The van der Waals surface area contributed by atoms with Gasteiger partial charge in [0.15, 0.2) is 0 Å². The van der Waals surface area contributed by atoms with Gasteiger partial charge in [0.05, 0.1) is 24.8 Å². The molecule has 2 rings (SSSR count). The highest BCUT2D eigenvalue weighted by Crippen LogP contribution is 2.27. The lowest BCUT2D eigenvalue weighted by Gasteiger charge is -2.25. The summed E-state index contributed by atoms with van der Waals surface area (Å²) in [4.78, 5) is 13.1. The Kier molecular flexibility index (Phi) is 1.74. The van der Waals surface area contributed by atoms with E-state index in [1.54, 1.807) is 4.90 Å². The number of hydrogen-bond donors (Lipinski definition) is 0. The number of likely N-dealkylation sites (tertiary alicyclic amines) is 1. The van der Waals surface area contributed by atoms with Gasteiger partial charge < -0.3 is 9.64 Å². The molecule has 2 atom stereocenters. The summed E-state index contributed by atoms with van der Waals surface area (Å²) in [5.41, 5.74) is 0. The number of hydrogen-bond acceptors (Lipinski definition) is 3. The van der Waals surface area contributed by atoms with Gasteiger partial charge in [-0.1, -0.05) is 0 Å². The van der Waals surface area contributed by atoms with Crippen molar-refractivity contribution >= 4 is 5.91 Å². The molecule has 2 heterocycles. The van der Waals surface area contributed by atoms with Gasteiger partial charge >= 0.3 is 0 Å². The Bertz CT molecular complexity index is 246. The number of carbonyl (C=O) groups is 1. The molecule has 2 unspecified atom stereocenters. The Hall–Kier alpha value is -1.08. The van der Waals surface area contributed by atoms with Crippen molar-refractivity contribution in [1.82, 2.24) is 4.90 Å². The van der Waals surface area contributed by atoms with Gasteiger partial charge in [0, 0.05) is 6.54 Å². The average Bonchev–Trinajstić information content (AvgIpc) is 2.64. The van der Waals surface area contributed by atoms with E-state index in [1.807, 2.05) is 6.07 Å². The first-order valence-electron chi connectivity index (χ1n) is 4.09. The van der Waals surface area contributed by atoms with Crippen LogP contribution in [-0.4, -0.2) is 36.1 Å². The van der Waals surface area contributed by atoms with Crippen LogP contribution in [0.15, 0.2) is 0 Å². The summed E-state index contributed by atoms with van der Waals surface area (Å²) < 4.78 is 5.33. The van der Waals surface area contributed by atoms with Gasteiger partial charge in [0.25, 0.3) is 0 Å². The Morgan fingerprint density at radius 3 is 3.08 bits per heavy atom. The van der Waals surface area contributed by atoms with E-state index < -0.39 is 0 Å². The molecule has 2 fully saturated rings. The number of morpholine rings is 1. The van der Waals surface area contributed by atoms with Gasteiger partial charge in [-0.2, -0.15) is 5.26 Å². The molecule has 0 aromatic rings. The smallest absolute Gasteiger partial charge is 0.237 e. The van der Waals surface area contributed by atoms with Gasteiger partial charge in [-0.3, -0.25) is 4.79 Å². The first kappa shape index (κ1) is 7.56. The molecule has 0 aromatic heterocycles. The lowest BCUT2D eigenvalue weighted by molar-refractivity contribution is -0.134. The van der Waals surface area contributed by atoms with Gasteiger partial charge in [0.2, 0.25) is 5.91 Å². The van der Waals surface area contributed by atoms with Crippen molar-refractivity contribution in [3.63, 3.8) is 0 Å². The first-order valence-corrected chi connectivity index (χ1v) is 4.09. The number of carbonyl (C=O) groups excluding carboxylic acids is 1. The van der Waals surface area contributed by atoms with E-state index >= 15 is 0 Å². The molecular formula is C8H10N2O2. The van der Waals surface area contributed by atoms with Crippen LogP contribution in [0.25, 0.3) is 0 Å². The molecule has 0 spiro atoms. The third-order valence-corrected chi connectivity index (χ3v) is 2.45. The Morgan fingerprint density at radius 2 is 2.58 bits per heavy atom. The van der Waals surface area contributed by atoms with Crippen LogP contribution in [0.5, 0.6) is 0 Å². The van der Waals surface area contributed by atoms with E-state index in [4.69, 9.17) is 10.00 Å². The van der Waals surface area contributed by atoms with Crippen LogP contribution in [-0.2, 0) is 9.53 Å². The molecule has 0 radical (unpaired) electrons. The number of rotatable bonds is 1. The molecule has 0 aliphatic carbocycles. The molecule has 2 bridgehead atoms. The zero-order valence-electron chi connectivity index (χ0n) is 6.69. The standard InChI is InChI=1S/C8H10N2O2/c9-2-1-8(11)10-4-7-3-6(10)5-12-7/h6-7H,1,3-5H2. The van der Waals surface area contributed by atoms with E-state index in [9.17, 15) is 4.79 Å². The number of fused-ring (bicyclic) bond motifs is 2. The van der Waals surface area contributed by atoms with Crippen LogP contribution >= 0.6 is 0 Å². The number of nitriles is 1. The second-order valence-corrected chi connectivity index (χ2v) is 3.23. The minimum atomic E-state index is -0.0479. The number of nitrogens with zero attached hydrogens (tertiary/aromatic N) is 2. The van der Waals surface area contributed by atoms with Crippen molar-refractivity contribution < 1.29 is 9.53 Å². The summed E-state index contributed by atoms with van der Waals surface area (Å²) >= 11 is 0. The highest BCUT2D eigenvalue weighted by atomic mass is 16.5. The largest absolute Gasteiger partial charge is 0.374 e. The monoisotopic (exact) mass is 166 g/mol. The van der Waals surface area contributed by atoms with Crippen LogP contribution in [0.2, 0.25) is 0 Å². The topological polar surface area (TPSA) is 53.3 Å². The first-order chi connectivity index (χ1) is 5.81. The summed E-state index contributed by atoms with van der Waals surface area (Å²) in [7, 11) is 0. The second-order valence-electron chi connectivity index (χ2n) is 3.23. The Balaban J connectivity index is 1.99. The quantitative estimate of drug-likeness (QED) is 0.546. The summed E-state index contributed by atoms with van der Waals surface area (Å²) in [6, 6.07) is 2.12. The van der Waals surface area contributed by atoms with Crippen molar-refractivity contribution in [3.05, 3.63) is 0 Å². The number of amides is 1. The van der Waals surface area contributed by atoms with Crippen LogP contribution in [0.1, 0.15) is 12.8 Å². The zero-order valence-corrected chi connectivity index (χ0v) is 6.69. The normalized spacial score (nSPS) is 32.1. The van der Waals surface area contributed by atoms with Crippen molar-refractivity contribution in [2.24, 2.45) is 0 Å². The van der Waals surface area contributed by atoms with Crippen molar-refractivity contribution in [2.75, 3.05) is 13.2 Å². The molecule has 1 amide bonds. The third kappa shape index (κ3) is 1.07. The van der Waals surface area contributed by atoms with Crippen LogP contribution in [0.3, 0.4) is 0 Å². The zero-order chi connectivity index (χ0) is 8.55. The molecule has 4 heteroatoms. The van der Waals surface area contributed by atoms with Gasteiger partial charge in [-0.05, 0) is 6.42 Å². The molecule has 0 saturated carbocycles. The van der Waals surface area contributed by atoms with Gasteiger partial charge in [-0.15, -0.1) is 0 Å². The molecule has 2 aliphatic rings. The lowest BCUT2D eigenvalue weighted by atomic mass is 10.2. The van der Waals surface area contributed by atoms with E-state index in [0.29, 0.717) is 13.2 Å². The van der Waals surface area contributed by atoms with Gasteiger partial charge in [0.1, 0.15) is 6.42 Å². The predicted molar refractivity (Wildman–Crippen MR) is 40.1 cm³/mol. The highest BCUT2D eigenvalue weighted by molar-refractivity contribution is 5.79. The maximum absolute atomic E-state index is 11.3. The van der Waals surface area contributed by atoms with Gasteiger partial charge in [-0.25, -0.2) is 0 Å². The van der Waals surface area contributed by atoms with Crippen molar-refractivity contribution in [2.45, 2.75) is 25.0 Å². The number of ether oxygens (including phenoxy) is 1. The third-order valence-electron chi connectivity index (χ3n) is 2.45. The maximum Gasteiger partial charge on any atom is 0.237 e. The fourth-order valence-electron chi connectivity index (χ4n) is 1.87. The fraction of sp³-hybridized carbons (Fsp3) is 0.750. The van der Waals surface area contributed by atoms with Crippen LogP contribution in [0.4, 0.5) is 0 Å². The van der Waals surface area contributed by atoms with Crippen LogP contribution < -0.4 is 0 Å². The molecule has 2 aliphatic heterocycles. The molecule has 12 heavy (non-hydrogen) atoms. The van der Waals surface area contributed by atoms with Crippen molar-refractivity contribution in [1.29, 1.82) is 5.26 Å². The Labute approximate surface area is 70.7 Å². The highest BCUT2D eigenvalue weighted by Gasteiger charge is 2.40. The fourth-order valence-corrected chi connectivity index (χ4v) is 1.87. The van der Waals surface area contributed by atoms with E-state index in [-0.39, 0.29) is 24.5 Å². The molecule has 0 N–H and O–H groups in total. The average molecular weight is 166 g/mol. The van der Waals surface area contributed by atoms with Crippen molar-refractivity contribution in [3.8, 4) is 6.07 Å². The minimum Gasteiger partial charge on any atom is -0.374 e. The summed E-state index contributed by atoms with van der Waals surface area (Å²) in [5.74, 6) is -0.0479. The molecule has 64 valence electrons. The molecule has 0 aromatic carbocycles. The lowest BCUT2D eigenvalue weighted by Crippen LogP contribution is -2.41. The molecule has 4 nitrogen and oxygen atoms in total. The Morgan fingerprint density at radius 1 is 1.75 bits per heavy atom. The maximum atomic E-state index is 11.3. The second kappa shape index (κ2) is 2.76. The van der Waals surface area contributed by atoms with Crippen LogP contribution in [0, 0.1) is 11.3 Å². The minimum absolute atomic E-state index is 0.00319. The van der Waals surface area contributed by atoms with E-state index in [1.165, 1.54) is 0 Å². The summed E-state index contributed by atoms with van der Waals surface area (Å²) in [5, 5.41) is 8.34. The molecular weight excluding hydrogens is 156 g/mol. The van der Waals surface area contributed by atoms with E-state index in [2.05, 4.69) is 0 Å². The summed E-state index contributed by atoms with van der Waals surface area (Å²) in [6.07, 6.45) is 1.19. The van der Waals surface area contributed by atoms with E-state index in [0.717, 1.165) is 6.42 Å².